The number of ether oxygens (including phenoxy) is 1. The topological polar surface area (TPSA) is 58.6 Å². The summed E-state index contributed by atoms with van der Waals surface area (Å²) in [6.07, 6.45) is 6.23. The van der Waals surface area contributed by atoms with Crippen molar-refractivity contribution in [3.05, 3.63) is 0 Å². The molecule has 1 unspecified atom stereocenters. The molecule has 0 spiro atoms. The lowest BCUT2D eigenvalue weighted by atomic mass is 10.1. The Balaban J connectivity index is 1.67. The van der Waals surface area contributed by atoms with Gasteiger partial charge in [0.25, 0.3) is 0 Å². The molecule has 0 aromatic carbocycles. The van der Waals surface area contributed by atoms with E-state index in [4.69, 9.17) is 4.74 Å². The molecule has 6 heteroatoms. The second-order valence-corrected chi connectivity index (χ2v) is 7.92. The Labute approximate surface area is 123 Å². The Morgan fingerprint density at radius 1 is 1.25 bits per heavy atom. The maximum absolute atomic E-state index is 12.3. The number of hydrogen-bond acceptors (Lipinski definition) is 4. The lowest BCUT2D eigenvalue weighted by Gasteiger charge is -2.31. The van der Waals surface area contributed by atoms with E-state index in [1.165, 1.54) is 12.8 Å². The molecule has 20 heavy (non-hydrogen) atoms. The second-order valence-electron chi connectivity index (χ2n) is 5.83. The third-order valence-electron chi connectivity index (χ3n) is 3.98. The molecule has 1 heterocycles. The van der Waals surface area contributed by atoms with Crippen LogP contribution in [0.25, 0.3) is 0 Å². The minimum Gasteiger partial charge on any atom is -0.377 e. The van der Waals surface area contributed by atoms with Crippen LogP contribution in [0.2, 0.25) is 0 Å². The van der Waals surface area contributed by atoms with Crippen LogP contribution in [-0.4, -0.2) is 56.9 Å². The van der Waals surface area contributed by atoms with Crippen molar-refractivity contribution in [2.24, 2.45) is 0 Å². The summed E-state index contributed by atoms with van der Waals surface area (Å²) >= 11 is 0. The lowest BCUT2D eigenvalue weighted by molar-refractivity contribution is 0.0265. The van der Waals surface area contributed by atoms with Crippen molar-refractivity contribution in [3.63, 3.8) is 0 Å². The Morgan fingerprint density at radius 3 is 2.75 bits per heavy atom. The Hall–Kier alpha value is -0.170. The normalized spacial score (nSPS) is 24.9. The summed E-state index contributed by atoms with van der Waals surface area (Å²) < 4.78 is 31.8. The van der Waals surface area contributed by atoms with Gasteiger partial charge in [0, 0.05) is 25.7 Å². The van der Waals surface area contributed by atoms with Crippen molar-refractivity contribution in [1.29, 1.82) is 0 Å². The predicted molar refractivity (Wildman–Crippen MR) is 80.3 cm³/mol. The fourth-order valence-electron chi connectivity index (χ4n) is 2.66. The molecule has 0 bridgehead atoms. The number of sulfonamides is 1. The van der Waals surface area contributed by atoms with Crippen LogP contribution >= 0.6 is 0 Å². The molecule has 2 rings (SSSR count). The maximum Gasteiger partial charge on any atom is 0.214 e. The first kappa shape index (κ1) is 16.2. The first-order valence-corrected chi connectivity index (χ1v) is 9.55. The van der Waals surface area contributed by atoms with Gasteiger partial charge in [-0.3, -0.25) is 0 Å². The number of piperidine rings is 1. The van der Waals surface area contributed by atoms with E-state index in [1.807, 2.05) is 6.92 Å². The zero-order valence-corrected chi connectivity index (χ0v) is 13.3. The molecule has 0 aromatic heterocycles. The number of unbranched alkanes of at least 4 members (excludes halogenated alkanes) is 1. The molecular formula is C14H28N2O3S. The van der Waals surface area contributed by atoms with Gasteiger partial charge in [0.05, 0.1) is 11.9 Å². The van der Waals surface area contributed by atoms with Crippen LogP contribution in [0, 0.1) is 0 Å². The monoisotopic (exact) mass is 304 g/mol. The van der Waals surface area contributed by atoms with E-state index in [1.54, 1.807) is 4.31 Å². The van der Waals surface area contributed by atoms with Gasteiger partial charge in [-0.05, 0) is 52.0 Å². The van der Waals surface area contributed by atoms with Gasteiger partial charge in [0.15, 0.2) is 0 Å². The minimum absolute atomic E-state index is 0.0834. The van der Waals surface area contributed by atoms with Crippen molar-refractivity contribution in [1.82, 2.24) is 9.62 Å². The average Bonchev–Trinajstić information content (AvgIpc) is 3.23. The summed E-state index contributed by atoms with van der Waals surface area (Å²) in [7, 11) is -3.09. The lowest BCUT2D eigenvalue weighted by Crippen LogP contribution is -2.44. The summed E-state index contributed by atoms with van der Waals surface area (Å²) in [6, 6.07) is 0.709. The van der Waals surface area contributed by atoms with Gasteiger partial charge in [-0.2, -0.15) is 4.31 Å². The Morgan fingerprint density at radius 2 is 2.05 bits per heavy atom. The molecule has 0 radical (unpaired) electrons. The average molecular weight is 304 g/mol. The summed E-state index contributed by atoms with van der Waals surface area (Å²) in [4.78, 5) is 0. The summed E-state index contributed by atoms with van der Waals surface area (Å²) in [6.45, 7) is 4.76. The fourth-order valence-corrected chi connectivity index (χ4v) is 4.29. The van der Waals surface area contributed by atoms with Gasteiger partial charge in [-0.1, -0.05) is 0 Å². The highest BCUT2D eigenvalue weighted by molar-refractivity contribution is 7.89. The molecule has 2 aliphatic rings. The quantitative estimate of drug-likeness (QED) is 0.653. The molecule has 1 atom stereocenters. The zero-order valence-electron chi connectivity index (χ0n) is 12.5. The number of hydrogen-bond donors (Lipinski definition) is 1. The van der Waals surface area contributed by atoms with Crippen LogP contribution < -0.4 is 5.32 Å². The van der Waals surface area contributed by atoms with E-state index >= 15 is 0 Å². The standard InChI is InChI=1S/C14H28N2O3S/c1-2-19-14-6-5-10-16(12-14)20(17,18)11-4-3-9-15-13-7-8-13/h13-15H,2-12H2,1H3. The summed E-state index contributed by atoms with van der Waals surface area (Å²) in [5.74, 6) is 0.276. The van der Waals surface area contributed by atoms with Crippen molar-refractivity contribution >= 4 is 10.0 Å². The fraction of sp³-hybridized carbons (Fsp3) is 1.00. The van der Waals surface area contributed by atoms with E-state index in [0.29, 0.717) is 25.7 Å². The molecule has 1 saturated heterocycles. The van der Waals surface area contributed by atoms with Gasteiger partial charge in [-0.25, -0.2) is 8.42 Å². The van der Waals surface area contributed by atoms with Crippen molar-refractivity contribution < 1.29 is 13.2 Å². The molecule has 0 amide bonds. The smallest absolute Gasteiger partial charge is 0.214 e. The molecule has 1 aliphatic carbocycles. The molecule has 5 nitrogen and oxygen atoms in total. The van der Waals surface area contributed by atoms with Gasteiger partial charge >= 0.3 is 0 Å². The second kappa shape index (κ2) is 7.73. The van der Waals surface area contributed by atoms with Crippen molar-refractivity contribution in [2.45, 2.75) is 57.6 Å². The highest BCUT2D eigenvalue weighted by Gasteiger charge is 2.28. The van der Waals surface area contributed by atoms with Crippen molar-refractivity contribution in [3.8, 4) is 0 Å². The van der Waals surface area contributed by atoms with Crippen LogP contribution in [0.15, 0.2) is 0 Å². The van der Waals surface area contributed by atoms with Gasteiger partial charge in [0.2, 0.25) is 10.0 Å². The largest absolute Gasteiger partial charge is 0.377 e. The van der Waals surface area contributed by atoms with Crippen LogP contribution in [0.1, 0.15) is 45.4 Å². The third kappa shape index (κ3) is 5.31. The van der Waals surface area contributed by atoms with E-state index in [9.17, 15) is 8.42 Å². The first-order valence-electron chi connectivity index (χ1n) is 7.94. The van der Waals surface area contributed by atoms with Crippen LogP contribution in [0.3, 0.4) is 0 Å². The van der Waals surface area contributed by atoms with Crippen molar-refractivity contribution in [2.75, 3.05) is 32.0 Å². The van der Waals surface area contributed by atoms with E-state index in [2.05, 4.69) is 5.32 Å². The zero-order chi connectivity index (χ0) is 14.4. The SMILES string of the molecule is CCOC1CCCN(S(=O)(=O)CCCCNC2CC2)C1. The third-order valence-corrected chi connectivity index (χ3v) is 5.90. The van der Waals surface area contributed by atoms with Gasteiger partial charge < -0.3 is 10.1 Å². The van der Waals surface area contributed by atoms with E-state index in [0.717, 1.165) is 32.2 Å². The molecule has 2 fully saturated rings. The van der Waals surface area contributed by atoms with Crippen LogP contribution in [0.5, 0.6) is 0 Å². The summed E-state index contributed by atoms with van der Waals surface area (Å²) in [5, 5.41) is 3.42. The summed E-state index contributed by atoms with van der Waals surface area (Å²) in [5.41, 5.74) is 0. The maximum atomic E-state index is 12.3. The predicted octanol–water partition coefficient (Wildman–Crippen LogP) is 1.35. The van der Waals surface area contributed by atoms with Gasteiger partial charge in [-0.15, -0.1) is 0 Å². The van der Waals surface area contributed by atoms with E-state index < -0.39 is 10.0 Å². The first-order chi connectivity index (χ1) is 9.62. The van der Waals surface area contributed by atoms with Crippen LogP contribution in [0.4, 0.5) is 0 Å². The van der Waals surface area contributed by atoms with Crippen LogP contribution in [-0.2, 0) is 14.8 Å². The van der Waals surface area contributed by atoms with Gasteiger partial charge in [0.1, 0.15) is 0 Å². The molecule has 1 aliphatic heterocycles. The number of rotatable bonds is 9. The Bertz CT molecular complexity index is 380. The molecule has 1 N–H and O–H groups in total. The highest BCUT2D eigenvalue weighted by Crippen LogP contribution is 2.19. The molecule has 118 valence electrons. The highest BCUT2D eigenvalue weighted by atomic mass is 32.2. The number of nitrogens with zero attached hydrogens (tertiary/aromatic N) is 1. The Kier molecular flexibility index (Phi) is 6.26. The molecule has 0 aromatic rings. The number of nitrogens with one attached hydrogen (secondary N) is 1. The van der Waals surface area contributed by atoms with E-state index in [-0.39, 0.29) is 11.9 Å². The molecule has 1 saturated carbocycles. The molecular weight excluding hydrogens is 276 g/mol. The minimum atomic E-state index is -3.09.